The summed E-state index contributed by atoms with van der Waals surface area (Å²) in [4.78, 5) is 12.2. The van der Waals surface area contributed by atoms with Crippen LogP contribution in [-0.4, -0.2) is 39.0 Å². The number of hydrogen-bond donors (Lipinski definition) is 1. The van der Waals surface area contributed by atoms with Crippen LogP contribution in [0.4, 0.5) is 0 Å². The Bertz CT molecular complexity index is 445. The summed E-state index contributed by atoms with van der Waals surface area (Å²) in [6.07, 6.45) is 0.988. The lowest BCUT2D eigenvalue weighted by Gasteiger charge is -2.27. The fourth-order valence-corrected chi connectivity index (χ4v) is 2.36. The maximum Gasteiger partial charge on any atom is 0.333 e. The maximum absolute atomic E-state index is 12.2. The molecule has 0 aromatic heterocycles. The highest BCUT2D eigenvalue weighted by Crippen LogP contribution is 2.22. The van der Waals surface area contributed by atoms with E-state index >= 15 is 0 Å². The number of benzene rings is 1. The SMILES string of the molecule is CCOC(=O)C(N)(COCC1CCOC1)c1ccccc1. The van der Waals surface area contributed by atoms with E-state index in [1.54, 1.807) is 6.92 Å². The predicted molar refractivity (Wildman–Crippen MR) is 78.7 cm³/mol. The number of hydrogen-bond acceptors (Lipinski definition) is 5. The van der Waals surface area contributed by atoms with E-state index < -0.39 is 11.5 Å². The lowest BCUT2D eigenvalue weighted by atomic mass is 9.92. The van der Waals surface area contributed by atoms with E-state index in [4.69, 9.17) is 19.9 Å². The van der Waals surface area contributed by atoms with Gasteiger partial charge in [-0.25, -0.2) is 4.79 Å². The van der Waals surface area contributed by atoms with E-state index in [2.05, 4.69) is 0 Å². The Morgan fingerprint density at radius 2 is 2.19 bits per heavy atom. The molecule has 2 atom stereocenters. The molecule has 1 aliphatic rings. The molecule has 5 nitrogen and oxygen atoms in total. The molecule has 1 aromatic carbocycles. The van der Waals surface area contributed by atoms with Crippen LogP contribution in [0.2, 0.25) is 0 Å². The van der Waals surface area contributed by atoms with E-state index in [0.29, 0.717) is 31.3 Å². The van der Waals surface area contributed by atoms with Crippen molar-refractivity contribution in [3.05, 3.63) is 35.9 Å². The Kier molecular flexibility index (Phi) is 5.73. The molecule has 0 radical (unpaired) electrons. The Hall–Kier alpha value is -1.43. The Morgan fingerprint density at radius 3 is 2.81 bits per heavy atom. The molecule has 0 spiro atoms. The lowest BCUT2D eigenvalue weighted by Crippen LogP contribution is -2.50. The number of carbonyl (C=O) groups is 1. The van der Waals surface area contributed by atoms with Crippen molar-refractivity contribution < 1.29 is 19.0 Å². The monoisotopic (exact) mass is 293 g/mol. The molecule has 0 amide bonds. The summed E-state index contributed by atoms with van der Waals surface area (Å²) in [5, 5.41) is 0. The second kappa shape index (κ2) is 7.54. The van der Waals surface area contributed by atoms with Gasteiger partial charge in [-0.1, -0.05) is 30.3 Å². The molecular formula is C16H23NO4. The van der Waals surface area contributed by atoms with Crippen molar-refractivity contribution >= 4 is 5.97 Å². The van der Waals surface area contributed by atoms with Crippen molar-refractivity contribution in [2.75, 3.05) is 33.0 Å². The van der Waals surface area contributed by atoms with Crippen LogP contribution in [-0.2, 0) is 24.5 Å². The molecule has 1 saturated heterocycles. The smallest absolute Gasteiger partial charge is 0.333 e. The summed E-state index contributed by atoms with van der Waals surface area (Å²) in [5.74, 6) is -0.0777. The normalized spacial score (nSPS) is 21.0. The van der Waals surface area contributed by atoms with Gasteiger partial charge in [0.2, 0.25) is 0 Å². The van der Waals surface area contributed by atoms with Crippen LogP contribution in [0.3, 0.4) is 0 Å². The van der Waals surface area contributed by atoms with Crippen molar-refractivity contribution in [3.63, 3.8) is 0 Å². The van der Waals surface area contributed by atoms with Gasteiger partial charge in [-0.05, 0) is 18.9 Å². The third-order valence-electron chi connectivity index (χ3n) is 3.64. The van der Waals surface area contributed by atoms with Crippen LogP contribution in [0.25, 0.3) is 0 Å². The molecule has 1 aromatic rings. The van der Waals surface area contributed by atoms with Gasteiger partial charge in [0, 0.05) is 12.5 Å². The zero-order valence-corrected chi connectivity index (χ0v) is 12.4. The highest BCUT2D eigenvalue weighted by atomic mass is 16.5. The summed E-state index contributed by atoms with van der Waals surface area (Å²) in [5.41, 5.74) is 5.74. The zero-order valence-electron chi connectivity index (χ0n) is 12.4. The Labute approximate surface area is 125 Å². The number of esters is 1. The van der Waals surface area contributed by atoms with Crippen LogP contribution in [0.5, 0.6) is 0 Å². The van der Waals surface area contributed by atoms with Gasteiger partial charge in [-0.2, -0.15) is 0 Å². The van der Waals surface area contributed by atoms with Gasteiger partial charge in [-0.15, -0.1) is 0 Å². The van der Waals surface area contributed by atoms with Gasteiger partial charge in [0.15, 0.2) is 5.54 Å². The summed E-state index contributed by atoms with van der Waals surface area (Å²) in [6, 6.07) is 9.21. The van der Waals surface area contributed by atoms with E-state index in [-0.39, 0.29) is 6.61 Å². The summed E-state index contributed by atoms with van der Waals surface area (Å²) >= 11 is 0. The van der Waals surface area contributed by atoms with Crippen LogP contribution >= 0.6 is 0 Å². The number of rotatable bonds is 7. The van der Waals surface area contributed by atoms with E-state index in [0.717, 1.165) is 13.0 Å². The van der Waals surface area contributed by atoms with Gasteiger partial charge < -0.3 is 19.9 Å². The van der Waals surface area contributed by atoms with Crippen LogP contribution < -0.4 is 5.73 Å². The molecule has 116 valence electrons. The first-order valence-electron chi connectivity index (χ1n) is 7.34. The molecule has 21 heavy (non-hydrogen) atoms. The first-order valence-corrected chi connectivity index (χ1v) is 7.34. The van der Waals surface area contributed by atoms with Gasteiger partial charge >= 0.3 is 5.97 Å². The fourth-order valence-electron chi connectivity index (χ4n) is 2.36. The molecule has 0 bridgehead atoms. The number of nitrogens with two attached hydrogens (primary N) is 1. The molecule has 2 unspecified atom stereocenters. The molecule has 1 aliphatic heterocycles. The second-order valence-corrected chi connectivity index (χ2v) is 5.30. The molecule has 1 fully saturated rings. The first kappa shape index (κ1) is 15.9. The molecule has 0 aliphatic carbocycles. The minimum Gasteiger partial charge on any atom is -0.464 e. The topological polar surface area (TPSA) is 70.8 Å². The third kappa shape index (κ3) is 4.03. The lowest BCUT2D eigenvalue weighted by molar-refractivity contribution is -0.153. The van der Waals surface area contributed by atoms with Crippen molar-refractivity contribution in [1.29, 1.82) is 0 Å². The van der Waals surface area contributed by atoms with Crippen LogP contribution in [0, 0.1) is 5.92 Å². The molecule has 2 rings (SSSR count). The minimum atomic E-state index is -1.27. The Morgan fingerprint density at radius 1 is 1.43 bits per heavy atom. The van der Waals surface area contributed by atoms with Crippen LogP contribution in [0.1, 0.15) is 18.9 Å². The number of ether oxygens (including phenoxy) is 3. The molecule has 1 heterocycles. The maximum atomic E-state index is 12.2. The largest absolute Gasteiger partial charge is 0.464 e. The molecule has 2 N–H and O–H groups in total. The molecule has 0 saturated carbocycles. The van der Waals surface area contributed by atoms with E-state index in [1.165, 1.54) is 0 Å². The van der Waals surface area contributed by atoms with E-state index in [1.807, 2.05) is 30.3 Å². The Balaban J connectivity index is 2.02. The van der Waals surface area contributed by atoms with Crippen molar-refractivity contribution in [1.82, 2.24) is 0 Å². The van der Waals surface area contributed by atoms with Crippen molar-refractivity contribution in [2.45, 2.75) is 18.9 Å². The first-order chi connectivity index (χ1) is 10.2. The van der Waals surface area contributed by atoms with E-state index in [9.17, 15) is 4.79 Å². The average molecular weight is 293 g/mol. The number of carbonyl (C=O) groups excluding carboxylic acids is 1. The van der Waals surface area contributed by atoms with Gasteiger partial charge in [0.1, 0.15) is 0 Å². The summed E-state index contributed by atoms with van der Waals surface area (Å²) < 4.78 is 16.1. The standard InChI is InChI=1S/C16H23NO4/c1-2-21-15(18)16(17,14-6-4-3-5-7-14)12-20-11-13-8-9-19-10-13/h3-7,13H,2,8-12,17H2,1H3. The fraction of sp³-hybridized carbons (Fsp3) is 0.562. The highest BCUT2D eigenvalue weighted by molar-refractivity contribution is 5.82. The zero-order chi connectivity index (χ0) is 15.1. The summed E-state index contributed by atoms with van der Waals surface area (Å²) in [7, 11) is 0. The molecular weight excluding hydrogens is 270 g/mol. The minimum absolute atomic E-state index is 0.104. The second-order valence-electron chi connectivity index (χ2n) is 5.30. The van der Waals surface area contributed by atoms with Gasteiger partial charge in [-0.3, -0.25) is 0 Å². The average Bonchev–Trinajstić information content (AvgIpc) is 3.01. The molecule has 5 heteroatoms. The summed E-state index contributed by atoms with van der Waals surface area (Å²) in [6.45, 7) is 4.19. The van der Waals surface area contributed by atoms with Crippen molar-refractivity contribution in [2.24, 2.45) is 11.7 Å². The van der Waals surface area contributed by atoms with Crippen LogP contribution in [0.15, 0.2) is 30.3 Å². The van der Waals surface area contributed by atoms with Gasteiger partial charge in [0.05, 0.1) is 26.4 Å². The third-order valence-corrected chi connectivity index (χ3v) is 3.64. The van der Waals surface area contributed by atoms with Gasteiger partial charge in [0.25, 0.3) is 0 Å². The van der Waals surface area contributed by atoms with Crippen molar-refractivity contribution in [3.8, 4) is 0 Å². The quantitative estimate of drug-likeness (QED) is 0.771. The highest BCUT2D eigenvalue weighted by Gasteiger charge is 2.38. The predicted octanol–water partition coefficient (Wildman–Crippen LogP) is 1.46.